The van der Waals surface area contributed by atoms with E-state index < -0.39 is 0 Å². The van der Waals surface area contributed by atoms with Crippen molar-refractivity contribution < 1.29 is 4.89 Å². The molecule has 2 atom stereocenters. The fourth-order valence-electron chi connectivity index (χ4n) is 1.41. The number of benzene rings is 2. The molecule has 2 unspecified atom stereocenters. The molecule has 0 bridgehead atoms. The summed E-state index contributed by atoms with van der Waals surface area (Å²) in [5, 5.41) is 2.16. The predicted molar refractivity (Wildman–Crippen MR) is 71.4 cm³/mol. The maximum Gasteiger partial charge on any atom is 0.0420 e. The van der Waals surface area contributed by atoms with Crippen molar-refractivity contribution in [2.75, 3.05) is 0 Å². The van der Waals surface area contributed by atoms with Gasteiger partial charge in [-0.3, -0.25) is 0 Å². The van der Waals surface area contributed by atoms with Gasteiger partial charge in [-0.15, -0.1) is 9.24 Å². The fourth-order valence-corrected chi connectivity index (χ4v) is 1.92. The molecular weight excluding hydrogens is 222 g/mol. The molecule has 2 aromatic rings. The topological polar surface area (TPSA) is 20.2 Å². The number of hydrogen-bond acceptors (Lipinski definition) is 1. The highest BCUT2D eigenvalue weighted by Gasteiger charge is 1.97. The fraction of sp³-hybridized carbons (Fsp3) is 0. The Kier molecular flexibility index (Phi) is 3.49. The Morgan fingerprint density at radius 1 is 0.800 bits per heavy atom. The lowest BCUT2D eigenvalue weighted by atomic mass is 10.1. The van der Waals surface area contributed by atoms with Crippen LogP contribution in [0, 0.1) is 0 Å². The van der Waals surface area contributed by atoms with E-state index in [1.54, 1.807) is 0 Å². The third kappa shape index (κ3) is 2.63. The molecule has 76 valence electrons. The van der Waals surface area contributed by atoms with Gasteiger partial charge in [0.15, 0.2) is 0 Å². The van der Waals surface area contributed by atoms with Crippen molar-refractivity contribution in [1.82, 2.24) is 0 Å². The summed E-state index contributed by atoms with van der Waals surface area (Å²) < 4.78 is 0. The van der Waals surface area contributed by atoms with Gasteiger partial charge in [-0.25, -0.2) is 0 Å². The van der Waals surface area contributed by atoms with Gasteiger partial charge >= 0.3 is 0 Å². The largest absolute Gasteiger partial charge is 0.372 e. The molecule has 0 radical (unpaired) electrons. The normalized spacial score (nSPS) is 11.1. The van der Waals surface area contributed by atoms with E-state index in [4.69, 9.17) is 4.89 Å². The van der Waals surface area contributed by atoms with E-state index in [1.807, 2.05) is 24.3 Å². The Morgan fingerprint density at radius 3 is 1.73 bits per heavy atom. The maximum absolute atomic E-state index is 8.96. The van der Waals surface area contributed by atoms with E-state index in [-0.39, 0.29) is 8.81 Å². The predicted octanol–water partition coefficient (Wildman–Crippen LogP) is 2.07. The monoisotopic (exact) mass is 234 g/mol. The molecule has 0 aliphatic rings. The zero-order chi connectivity index (χ0) is 10.7. The van der Waals surface area contributed by atoms with E-state index in [2.05, 4.69) is 33.5 Å². The standard InChI is InChI=1S/C12H12OP2/c13-15-12-7-3-10(4-8-12)9-1-5-11(14)6-2-9/h1-8,13,15H,14H2. The second-order valence-corrected chi connectivity index (χ2v) is 4.78. The Labute approximate surface area is 93.6 Å². The highest BCUT2D eigenvalue weighted by molar-refractivity contribution is 7.40. The summed E-state index contributed by atoms with van der Waals surface area (Å²) in [6.45, 7) is 0. The first-order chi connectivity index (χ1) is 7.29. The molecule has 15 heavy (non-hydrogen) atoms. The Hall–Kier alpha value is -0.740. The molecule has 0 heterocycles. The lowest BCUT2D eigenvalue weighted by Crippen LogP contribution is -1.92. The van der Waals surface area contributed by atoms with Crippen molar-refractivity contribution in [3.05, 3.63) is 48.5 Å². The van der Waals surface area contributed by atoms with Gasteiger partial charge in [-0.1, -0.05) is 48.5 Å². The van der Waals surface area contributed by atoms with Gasteiger partial charge < -0.3 is 4.89 Å². The third-order valence-corrected chi connectivity index (χ3v) is 3.23. The SMILES string of the molecule is OPc1ccc(-c2ccc(P)cc2)cc1. The molecule has 1 N–H and O–H groups in total. The van der Waals surface area contributed by atoms with Crippen LogP contribution < -0.4 is 10.6 Å². The zero-order valence-corrected chi connectivity index (χ0v) is 10.3. The van der Waals surface area contributed by atoms with Crippen LogP contribution in [0.5, 0.6) is 0 Å². The van der Waals surface area contributed by atoms with Gasteiger partial charge in [-0.2, -0.15) is 0 Å². The minimum Gasteiger partial charge on any atom is -0.372 e. The van der Waals surface area contributed by atoms with Gasteiger partial charge in [0.2, 0.25) is 0 Å². The number of rotatable bonds is 2. The summed E-state index contributed by atoms with van der Waals surface area (Å²) in [5.41, 5.74) is 2.39. The van der Waals surface area contributed by atoms with Crippen molar-refractivity contribution in [3.63, 3.8) is 0 Å². The van der Waals surface area contributed by atoms with Crippen LogP contribution in [-0.2, 0) is 0 Å². The molecule has 0 fully saturated rings. The van der Waals surface area contributed by atoms with Gasteiger partial charge in [0.05, 0.1) is 0 Å². The van der Waals surface area contributed by atoms with E-state index in [9.17, 15) is 0 Å². The zero-order valence-electron chi connectivity index (χ0n) is 8.14. The molecule has 0 saturated heterocycles. The van der Waals surface area contributed by atoms with Crippen molar-refractivity contribution in [2.45, 2.75) is 0 Å². The van der Waals surface area contributed by atoms with Crippen molar-refractivity contribution in [1.29, 1.82) is 0 Å². The van der Waals surface area contributed by atoms with E-state index >= 15 is 0 Å². The molecule has 2 rings (SSSR count). The molecule has 0 aliphatic carbocycles. The summed E-state index contributed by atoms with van der Waals surface area (Å²) in [5.74, 6) is 0. The van der Waals surface area contributed by atoms with E-state index in [0.717, 1.165) is 5.30 Å². The molecular formula is C12H12OP2. The molecule has 0 aromatic heterocycles. The van der Waals surface area contributed by atoms with Crippen LogP contribution in [0.4, 0.5) is 0 Å². The molecule has 0 aliphatic heterocycles. The second-order valence-electron chi connectivity index (χ2n) is 3.31. The summed E-state index contributed by atoms with van der Waals surface area (Å²) in [4.78, 5) is 8.96. The third-order valence-electron chi connectivity index (χ3n) is 2.26. The maximum atomic E-state index is 8.96. The minimum atomic E-state index is -0.121. The van der Waals surface area contributed by atoms with Crippen molar-refractivity contribution in [3.8, 4) is 11.1 Å². The summed E-state index contributed by atoms with van der Waals surface area (Å²) in [6, 6.07) is 16.3. The Balaban J connectivity index is 2.33. The van der Waals surface area contributed by atoms with Crippen LogP contribution >= 0.6 is 18.0 Å². The van der Waals surface area contributed by atoms with Crippen molar-refractivity contribution >= 4 is 28.7 Å². The van der Waals surface area contributed by atoms with E-state index in [1.165, 1.54) is 16.4 Å². The molecule has 1 nitrogen and oxygen atoms in total. The Morgan fingerprint density at radius 2 is 1.27 bits per heavy atom. The molecule has 0 amide bonds. The summed E-state index contributed by atoms with van der Waals surface area (Å²) in [6.07, 6.45) is 0. The van der Waals surface area contributed by atoms with Crippen LogP contribution in [0.15, 0.2) is 48.5 Å². The van der Waals surface area contributed by atoms with Crippen LogP contribution in [0.2, 0.25) is 0 Å². The molecule has 2 aromatic carbocycles. The molecule has 0 spiro atoms. The van der Waals surface area contributed by atoms with Crippen molar-refractivity contribution in [2.24, 2.45) is 0 Å². The van der Waals surface area contributed by atoms with Gasteiger partial charge in [0, 0.05) is 8.81 Å². The lowest BCUT2D eigenvalue weighted by molar-refractivity contribution is 0.655. The smallest absolute Gasteiger partial charge is 0.0420 e. The molecule has 3 heteroatoms. The van der Waals surface area contributed by atoms with Gasteiger partial charge in [0.25, 0.3) is 0 Å². The van der Waals surface area contributed by atoms with Crippen LogP contribution in [-0.4, -0.2) is 4.89 Å². The van der Waals surface area contributed by atoms with Crippen LogP contribution in [0.25, 0.3) is 11.1 Å². The second kappa shape index (κ2) is 4.86. The van der Waals surface area contributed by atoms with E-state index in [0.29, 0.717) is 0 Å². The first-order valence-electron chi connectivity index (χ1n) is 4.66. The summed E-state index contributed by atoms with van der Waals surface area (Å²) >= 11 is 0. The highest BCUT2D eigenvalue weighted by Crippen LogP contribution is 2.18. The quantitative estimate of drug-likeness (QED) is 0.788. The number of hydrogen-bond donors (Lipinski definition) is 1. The first-order valence-corrected chi connectivity index (χ1v) is 6.18. The first kappa shape index (κ1) is 10.8. The molecule has 0 saturated carbocycles. The average Bonchev–Trinajstić information content (AvgIpc) is 2.30. The van der Waals surface area contributed by atoms with Crippen LogP contribution in [0.3, 0.4) is 0 Å². The minimum absolute atomic E-state index is 0.121. The van der Waals surface area contributed by atoms with Crippen LogP contribution in [0.1, 0.15) is 0 Å². The van der Waals surface area contributed by atoms with Gasteiger partial charge in [-0.05, 0) is 21.7 Å². The summed E-state index contributed by atoms with van der Waals surface area (Å²) in [7, 11) is 2.55. The Bertz CT molecular complexity index is 434. The average molecular weight is 234 g/mol. The van der Waals surface area contributed by atoms with Gasteiger partial charge in [0.1, 0.15) is 0 Å². The highest BCUT2D eigenvalue weighted by atomic mass is 31.1. The lowest BCUT2D eigenvalue weighted by Gasteiger charge is -2.03.